The molecule has 2 atom stereocenters. The van der Waals surface area contributed by atoms with E-state index in [1.807, 2.05) is 0 Å². The van der Waals surface area contributed by atoms with Crippen LogP contribution in [0.3, 0.4) is 0 Å². The van der Waals surface area contributed by atoms with Gasteiger partial charge < -0.3 is 20.1 Å². The molecule has 0 aliphatic carbocycles. The normalized spacial score (nSPS) is 16.2. The number of carboxylic acids is 2. The molecule has 86 valence electrons. The molecule has 0 aromatic heterocycles. The van der Waals surface area contributed by atoms with Crippen molar-refractivity contribution in [2.24, 2.45) is 5.92 Å². The van der Waals surface area contributed by atoms with Crippen molar-refractivity contribution in [3.63, 3.8) is 0 Å². The predicted molar refractivity (Wildman–Crippen MR) is 46.0 cm³/mol. The molecule has 0 heterocycles. The number of hydrogen-bond donors (Lipinski definition) is 3. The molecular formula is C8H12O7. The SMILES string of the molecule is COC(=O)C(C)C(O)(CC(=O)O)C(=O)O. The summed E-state index contributed by atoms with van der Waals surface area (Å²) in [6.07, 6.45) is -1.07. The van der Waals surface area contributed by atoms with Crippen molar-refractivity contribution in [2.45, 2.75) is 18.9 Å². The van der Waals surface area contributed by atoms with E-state index in [2.05, 4.69) is 4.74 Å². The van der Waals surface area contributed by atoms with Crippen LogP contribution in [0, 0.1) is 5.92 Å². The molecule has 3 N–H and O–H groups in total. The lowest BCUT2D eigenvalue weighted by molar-refractivity contribution is -0.179. The molecule has 0 bridgehead atoms. The fraction of sp³-hybridized carbons (Fsp3) is 0.625. The molecular weight excluding hydrogens is 208 g/mol. The van der Waals surface area contributed by atoms with Gasteiger partial charge in [-0.25, -0.2) is 4.79 Å². The van der Waals surface area contributed by atoms with Crippen molar-refractivity contribution < 1.29 is 34.4 Å². The highest BCUT2D eigenvalue weighted by Gasteiger charge is 2.47. The molecule has 0 rings (SSSR count). The second-order valence-electron chi connectivity index (χ2n) is 3.04. The lowest BCUT2D eigenvalue weighted by atomic mass is 9.86. The van der Waals surface area contributed by atoms with Gasteiger partial charge in [0.15, 0.2) is 5.60 Å². The maximum absolute atomic E-state index is 11.0. The molecule has 0 radical (unpaired) electrons. The topological polar surface area (TPSA) is 121 Å². The molecule has 0 aromatic rings. The third kappa shape index (κ3) is 2.91. The van der Waals surface area contributed by atoms with Gasteiger partial charge in [0.05, 0.1) is 19.4 Å². The second kappa shape index (κ2) is 4.74. The number of carbonyl (C=O) groups excluding carboxylic acids is 1. The largest absolute Gasteiger partial charge is 0.481 e. The highest BCUT2D eigenvalue weighted by molar-refractivity contribution is 5.89. The van der Waals surface area contributed by atoms with Gasteiger partial charge in [-0.15, -0.1) is 0 Å². The summed E-state index contributed by atoms with van der Waals surface area (Å²) >= 11 is 0. The molecule has 0 spiro atoms. The summed E-state index contributed by atoms with van der Waals surface area (Å²) < 4.78 is 4.23. The first kappa shape index (κ1) is 13.4. The standard InChI is InChI=1S/C8H12O7/c1-4(6(11)15-2)8(14,7(12)13)3-5(9)10/h4,14H,3H2,1-2H3,(H,9,10)(H,12,13). The monoisotopic (exact) mass is 220 g/mol. The molecule has 15 heavy (non-hydrogen) atoms. The summed E-state index contributed by atoms with van der Waals surface area (Å²) in [7, 11) is 1.02. The molecule has 0 aliphatic rings. The first-order chi connectivity index (χ1) is 6.75. The van der Waals surface area contributed by atoms with Crippen molar-refractivity contribution in [1.29, 1.82) is 0 Å². The minimum absolute atomic E-state index is 0.985. The Labute approximate surface area is 85.3 Å². The first-order valence-electron chi connectivity index (χ1n) is 4.01. The fourth-order valence-electron chi connectivity index (χ4n) is 1.02. The van der Waals surface area contributed by atoms with Gasteiger partial charge in [-0.2, -0.15) is 0 Å². The number of carbonyl (C=O) groups is 3. The van der Waals surface area contributed by atoms with Gasteiger partial charge in [-0.1, -0.05) is 0 Å². The number of carboxylic acid groups (broad SMARTS) is 2. The molecule has 7 nitrogen and oxygen atoms in total. The van der Waals surface area contributed by atoms with Crippen molar-refractivity contribution in [3.05, 3.63) is 0 Å². The van der Waals surface area contributed by atoms with E-state index in [9.17, 15) is 19.5 Å². The number of ether oxygens (including phenoxy) is 1. The predicted octanol–water partition coefficient (Wildman–Crippen LogP) is -0.914. The summed E-state index contributed by atoms with van der Waals surface area (Å²) in [4.78, 5) is 32.1. The number of rotatable bonds is 5. The average molecular weight is 220 g/mol. The Morgan fingerprint density at radius 1 is 1.33 bits per heavy atom. The molecule has 0 aromatic carbocycles. The molecule has 0 saturated carbocycles. The van der Waals surface area contributed by atoms with Crippen LogP contribution in [0.15, 0.2) is 0 Å². The summed E-state index contributed by atoms with van der Waals surface area (Å²) in [5, 5.41) is 26.6. The summed E-state index contributed by atoms with van der Waals surface area (Å²) in [5.41, 5.74) is -2.65. The van der Waals surface area contributed by atoms with Crippen LogP contribution in [-0.2, 0) is 19.1 Å². The van der Waals surface area contributed by atoms with Crippen LogP contribution in [0.5, 0.6) is 0 Å². The van der Waals surface area contributed by atoms with Gasteiger partial charge in [-0.3, -0.25) is 9.59 Å². The Kier molecular flexibility index (Phi) is 4.22. The quantitative estimate of drug-likeness (QED) is 0.512. The average Bonchev–Trinajstić information content (AvgIpc) is 2.13. The lowest BCUT2D eigenvalue weighted by Crippen LogP contribution is -2.49. The second-order valence-corrected chi connectivity index (χ2v) is 3.04. The smallest absolute Gasteiger partial charge is 0.337 e. The lowest BCUT2D eigenvalue weighted by Gasteiger charge is -2.26. The molecule has 0 saturated heterocycles. The van der Waals surface area contributed by atoms with Gasteiger partial charge in [0.25, 0.3) is 0 Å². The van der Waals surface area contributed by atoms with Crippen molar-refractivity contribution >= 4 is 17.9 Å². The molecule has 0 amide bonds. The number of aliphatic carboxylic acids is 2. The van der Waals surface area contributed by atoms with E-state index in [4.69, 9.17) is 10.2 Å². The molecule has 7 heteroatoms. The number of aliphatic hydroxyl groups is 1. The number of esters is 1. The van der Waals surface area contributed by atoms with Crippen LogP contribution in [0.2, 0.25) is 0 Å². The van der Waals surface area contributed by atoms with E-state index in [0.29, 0.717) is 0 Å². The zero-order valence-electron chi connectivity index (χ0n) is 8.26. The van der Waals surface area contributed by atoms with Gasteiger partial charge in [-0.05, 0) is 6.92 Å². The van der Waals surface area contributed by atoms with Crippen molar-refractivity contribution in [2.75, 3.05) is 7.11 Å². The molecule has 2 unspecified atom stereocenters. The van der Waals surface area contributed by atoms with Gasteiger partial charge in [0.2, 0.25) is 0 Å². The van der Waals surface area contributed by atoms with Gasteiger partial charge >= 0.3 is 17.9 Å². The van der Waals surface area contributed by atoms with E-state index < -0.39 is 35.8 Å². The van der Waals surface area contributed by atoms with Gasteiger partial charge in [0, 0.05) is 0 Å². The summed E-state index contributed by atoms with van der Waals surface area (Å²) in [6, 6.07) is 0. The number of hydrogen-bond acceptors (Lipinski definition) is 5. The Morgan fingerprint density at radius 3 is 2.07 bits per heavy atom. The third-order valence-corrected chi connectivity index (χ3v) is 2.06. The summed E-state index contributed by atoms with van der Waals surface area (Å²) in [5.74, 6) is -5.74. The maximum Gasteiger partial charge on any atom is 0.337 e. The van der Waals surface area contributed by atoms with Crippen molar-refractivity contribution in [3.8, 4) is 0 Å². The van der Waals surface area contributed by atoms with E-state index in [-0.39, 0.29) is 0 Å². The van der Waals surface area contributed by atoms with Crippen molar-refractivity contribution in [1.82, 2.24) is 0 Å². The first-order valence-corrected chi connectivity index (χ1v) is 4.01. The van der Waals surface area contributed by atoms with E-state index in [1.54, 1.807) is 0 Å². The third-order valence-electron chi connectivity index (χ3n) is 2.06. The Morgan fingerprint density at radius 2 is 1.80 bits per heavy atom. The van der Waals surface area contributed by atoms with Crippen LogP contribution in [0.25, 0.3) is 0 Å². The van der Waals surface area contributed by atoms with Crippen LogP contribution in [-0.4, -0.2) is 45.9 Å². The Bertz CT molecular complexity index is 285. The molecule has 0 aliphatic heterocycles. The van der Waals surface area contributed by atoms with Crippen LogP contribution >= 0.6 is 0 Å². The Balaban J connectivity index is 5.02. The van der Waals surface area contributed by atoms with Gasteiger partial charge in [0.1, 0.15) is 0 Å². The van der Waals surface area contributed by atoms with Crippen LogP contribution < -0.4 is 0 Å². The van der Waals surface area contributed by atoms with E-state index >= 15 is 0 Å². The Hall–Kier alpha value is -1.63. The zero-order valence-corrected chi connectivity index (χ0v) is 8.26. The maximum atomic E-state index is 11.0. The molecule has 0 fully saturated rings. The highest BCUT2D eigenvalue weighted by atomic mass is 16.5. The summed E-state index contributed by atoms with van der Waals surface area (Å²) in [6.45, 7) is 1.09. The van der Waals surface area contributed by atoms with Crippen LogP contribution in [0.1, 0.15) is 13.3 Å². The van der Waals surface area contributed by atoms with E-state index in [0.717, 1.165) is 14.0 Å². The minimum atomic E-state index is -2.65. The number of methoxy groups -OCH3 is 1. The van der Waals surface area contributed by atoms with Crippen LogP contribution in [0.4, 0.5) is 0 Å². The van der Waals surface area contributed by atoms with E-state index in [1.165, 1.54) is 0 Å². The minimum Gasteiger partial charge on any atom is -0.481 e. The zero-order chi connectivity index (χ0) is 12.2. The highest BCUT2D eigenvalue weighted by Crippen LogP contribution is 2.23. The fourth-order valence-corrected chi connectivity index (χ4v) is 1.02.